The molecule has 3 aromatic rings. The normalized spacial score (nSPS) is 10.4. The summed E-state index contributed by atoms with van der Waals surface area (Å²) in [5.74, 6) is 0.814. The van der Waals surface area contributed by atoms with Crippen LogP contribution in [0, 0.1) is 0 Å². The fourth-order valence-corrected chi connectivity index (χ4v) is 3.45. The van der Waals surface area contributed by atoms with Crippen LogP contribution in [-0.2, 0) is 0 Å². The molecule has 142 valence electrons. The van der Waals surface area contributed by atoms with Crippen molar-refractivity contribution in [1.29, 1.82) is 0 Å². The zero-order chi connectivity index (χ0) is 19.9. The predicted octanol–water partition coefficient (Wildman–Crippen LogP) is 5.58. The van der Waals surface area contributed by atoms with Crippen molar-refractivity contribution in [3.8, 4) is 5.75 Å². The van der Waals surface area contributed by atoms with Crippen LogP contribution in [-0.4, -0.2) is 24.6 Å². The lowest BCUT2D eigenvalue weighted by Crippen LogP contribution is -2.11. The van der Waals surface area contributed by atoms with Crippen molar-refractivity contribution >= 4 is 40.7 Å². The monoisotopic (exact) mass is 411 g/mol. The Morgan fingerprint density at radius 1 is 0.964 bits per heavy atom. The van der Waals surface area contributed by atoms with Crippen LogP contribution in [0.4, 0.5) is 5.69 Å². The van der Waals surface area contributed by atoms with E-state index >= 15 is 0 Å². The molecule has 0 heterocycles. The van der Waals surface area contributed by atoms with Crippen LogP contribution in [0.5, 0.6) is 5.75 Å². The molecule has 28 heavy (non-hydrogen) atoms. The topological polar surface area (TPSA) is 55.4 Å². The minimum absolute atomic E-state index is 0.0225. The summed E-state index contributed by atoms with van der Waals surface area (Å²) in [5, 5.41) is 3.47. The lowest BCUT2D eigenvalue weighted by atomic mass is 10.1. The van der Waals surface area contributed by atoms with Gasteiger partial charge in [-0.05, 0) is 66.7 Å². The second kappa shape index (κ2) is 9.44. The maximum atomic E-state index is 12.4. The van der Waals surface area contributed by atoms with E-state index in [1.807, 2.05) is 24.3 Å². The molecule has 1 N–H and O–H groups in total. The second-order valence-electron chi connectivity index (χ2n) is 5.93. The predicted molar refractivity (Wildman–Crippen MR) is 114 cm³/mol. The molecule has 0 spiro atoms. The average Bonchev–Trinajstić information content (AvgIpc) is 2.73. The molecule has 0 bridgehead atoms. The highest BCUT2D eigenvalue weighted by molar-refractivity contribution is 8.00. The van der Waals surface area contributed by atoms with Crippen LogP contribution >= 0.6 is 23.4 Å². The summed E-state index contributed by atoms with van der Waals surface area (Å²) in [5.41, 5.74) is 1.84. The number of halogens is 1. The molecule has 1 amide bonds. The Morgan fingerprint density at radius 3 is 2.32 bits per heavy atom. The number of benzene rings is 3. The van der Waals surface area contributed by atoms with Gasteiger partial charge < -0.3 is 10.1 Å². The quantitative estimate of drug-likeness (QED) is 0.407. The van der Waals surface area contributed by atoms with Crippen LogP contribution in [0.3, 0.4) is 0 Å². The molecule has 0 fully saturated rings. The summed E-state index contributed by atoms with van der Waals surface area (Å²) < 4.78 is 5.10. The maximum absolute atomic E-state index is 12.4. The third-order valence-corrected chi connectivity index (χ3v) is 5.23. The highest BCUT2D eigenvalue weighted by Gasteiger charge is 2.09. The number of nitrogens with one attached hydrogen (secondary N) is 1. The van der Waals surface area contributed by atoms with Crippen molar-refractivity contribution in [2.45, 2.75) is 4.90 Å². The van der Waals surface area contributed by atoms with Gasteiger partial charge in [0.15, 0.2) is 5.78 Å². The number of rotatable bonds is 7. The van der Waals surface area contributed by atoms with Crippen molar-refractivity contribution in [1.82, 2.24) is 0 Å². The first-order valence-corrected chi connectivity index (χ1v) is 9.88. The third kappa shape index (κ3) is 5.38. The summed E-state index contributed by atoms with van der Waals surface area (Å²) in [6, 6.07) is 21.1. The van der Waals surface area contributed by atoms with Crippen LogP contribution in [0.1, 0.15) is 20.7 Å². The lowest BCUT2D eigenvalue weighted by molar-refractivity contribution is 0.101. The molecule has 3 rings (SSSR count). The molecule has 3 aromatic carbocycles. The van der Waals surface area contributed by atoms with Crippen molar-refractivity contribution < 1.29 is 14.3 Å². The van der Waals surface area contributed by atoms with E-state index in [0.717, 1.165) is 4.90 Å². The van der Waals surface area contributed by atoms with Gasteiger partial charge in [0.2, 0.25) is 0 Å². The van der Waals surface area contributed by atoms with Gasteiger partial charge in [0.25, 0.3) is 5.91 Å². The smallest absolute Gasteiger partial charge is 0.255 e. The van der Waals surface area contributed by atoms with E-state index in [-0.39, 0.29) is 11.7 Å². The number of Topliss-reactive ketones (excluding diaryl/α,β-unsaturated/α-hetero) is 1. The molecular formula is C22H18ClNO3S. The van der Waals surface area contributed by atoms with E-state index in [0.29, 0.717) is 33.3 Å². The number of methoxy groups -OCH3 is 1. The molecule has 6 heteroatoms. The molecule has 0 unspecified atom stereocenters. The first-order chi connectivity index (χ1) is 13.5. The van der Waals surface area contributed by atoms with Gasteiger partial charge >= 0.3 is 0 Å². The number of ether oxygens (including phenoxy) is 1. The lowest BCUT2D eigenvalue weighted by Gasteiger charge is -2.08. The Kier molecular flexibility index (Phi) is 6.74. The molecule has 0 atom stereocenters. The average molecular weight is 412 g/mol. The minimum Gasteiger partial charge on any atom is -0.497 e. The van der Waals surface area contributed by atoms with E-state index in [4.69, 9.17) is 16.3 Å². The number of anilines is 1. The fraction of sp³-hybridized carbons (Fsp3) is 0.0909. The van der Waals surface area contributed by atoms with E-state index in [9.17, 15) is 9.59 Å². The fourth-order valence-electron chi connectivity index (χ4n) is 2.48. The summed E-state index contributed by atoms with van der Waals surface area (Å²) in [7, 11) is 1.58. The van der Waals surface area contributed by atoms with Crippen LogP contribution in [0.25, 0.3) is 0 Å². The Hall–Kier alpha value is -2.76. The van der Waals surface area contributed by atoms with Gasteiger partial charge in [0.05, 0.1) is 12.9 Å². The number of hydrogen-bond donors (Lipinski definition) is 1. The zero-order valence-corrected chi connectivity index (χ0v) is 16.7. The molecule has 0 radical (unpaired) electrons. The standard InChI is InChI=1S/C22H18ClNO3S/c1-27-19-11-7-16(8-12-19)22(26)24-18-3-2-4-20(13-18)28-14-21(25)15-5-9-17(23)10-6-15/h2-13H,14H2,1H3,(H,24,26). The summed E-state index contributed by atoms with van der Waals surface area (Å²) >= 11 is 7.27. The Morgan fingerprint density at radius 2 is 1.64 bits per heavy atom. The van der Waals surface area contributed by atoms with Crippen molar-refractivity contribution in [2.75, 3.05) is 18.2 Å². The molecule has 4 nitrogen and oxygen atoms in total. The highest BCUT2D eigenvalue weighted by Crippen LogP contribution is 2.23. The van der Waals surface area contributed by atoms with Crippen LogP contribution in [0.15, 0.2) is 77.7 Å². The summed E-state index contributed by atoms with van der Waals surface area (Å²) in [6.45, 7) is 0. The first-order valence-electron chi connectivity index (χ1n) is 8.52. The molecule has 0 aliphatic rings. The molecule has 0 aliphatic heterocycles. The second-order valence-corrected chi connectivity index (χ2v) is 7.41. The highest BCUT2D eigenvalue weighted by atomic mass is 35.5. The molecule has 0 aromatic heterocycles. The van der Waals surface area contributed by atoms with Crippen molar-refractivity contribution in [3.05, 3.63) is 88.9 Å². The van der Waals surface area contributed by atoms with E-state index in [2.05, 4.69) is 5.32 Å². The number of carbonyl (C=O) groups excluding carboxylic acids is 2. The first kappa shape index (κ1) is 20.0. The van der Waals surface area contributed by atoms with Gasteiger partial charge in [-0.2, -0.15) is 0 Å². The van der Waals surface area contributed by atoms with Gasteiger partial charge in [-0.3, -0.25) is 9.59 Å². The van der Waals surface area contributed by atoms with Gasteiger partial charge in [-0.25, -0.2) is 0 Å². The third-order valence-electron chi connectivity index (χ3n) is 3.98. The Bertz CT molecular complexity index is 972. The van der Waals surface area contributed by atoms with E-state index in [1.54, 1.807) is 55.6 Å². The van der Waals surface area contributed by atoms with E-state index < -0.39 is 0 Å². The molecular weight excluding hydrogens is 394 g/mol. The Labute approximate surface area is 172 Å². The van der Waals surface area contributed by atoms with Gasteiger partial charge in [0.1, 0.15) is 5.75 Å². The Balaban J connectivity index is 1.60. The number of ketones is 1. The molecule has 0 aliphatic carbocycles. The van der Waals surface area contributed by atoms with Gasteiger partial charge in [0, 0.05) is 26.7 Å². The van der Waals surface area contributed by atoms with Gasteiger partial charge in [-0.1, -0.05) is 17.7 Å². The number of hydrogen-bond acceptors (Lipinski definition) is 4. The van der Waals surface area contributed by atoms with Crippen LogP contribution in [0.2, 0.25) is 5.02 Å². The minimum atomic E-state index is -0.206. The van der Waals surface area contributed by atoms with Gasteiger partial charge in [-0.15, -0.1) is 11.8 Å². The van der Waals surface area contributed by atoms with Crippen LogP contribution < -0.4 is 10.1 Å². The van der Waals surface area contributed by atoms with Crippen molar-refractivity contribution in [2.24, 2.45) is 0 Å². The largest absolute Gasteiger partial charge is 0.497 e. The summed E-state index contributed by atoms with van der Waals surface area (Å²) in [6.07, 6.45) is 0. The number of thioether (sulfide) groups is 1. The number of carbonyl (C=O) groups is 2. The maximum Gasteiger partial charge on any atom is 0.255 e. The van der Waals surface area contributed by atoms with Crippen molar-refractivity contribution in [3.63, 3.8) is 0 Å². The molecule has 0 saturated carbocycles. The SMILES string of the molecule is COc1ccc(C(=O)Nc2cccc(SCC(=O)c3ccc(Cl)cc3)c2)cc1. The number of amides is 1. The van der Waals surface area contributed by atoms with E-state index in [1.165, 1.54) is 11.8 Å². The zero-order valence-electron chi connectivity index (χ0n) is 15.1. The summed E-state index contributed by atoms with van der Waals surface area (Å²) in [4.78, 5) is 25.6. The molecule has 0 saturated heterocycles.